The molecule has 1 heterocycles. The highest BCUT2D eigenvalue weighted by atomic mass is 14.8. The molecular weight excluding hydrogens is 220 g/mol. The maximum Gasteiger partial charge on any atom is 0.0734 e. The molecule has 0 saturated carbocycles. The van der Waals surface area contributed by atoms with Crippen LogP contribution in [0.25, 0.3) is 10.9 Å². The van der Waals surface area contributed by atoms with Crippen LogP contribution in [0.1, 0.15) is 25.8 Å². The number of aromatic nitrogens is 1. The van der Waals surface area contributed by atoms with Gasteiger partial charge < -0.3 is 5.32 Å². The third-order valence-electron chi connectivity index (χ3n) is 3.19. The molecule has 0 bridgehead atoms. The SMILES string of the molecule is CC(C)CCNCCc1cccc2cccnc12. The molecule has 96 valence electrons. The van der Waals surface area contributed by atoms with Crippen molar-refractivity contribution in [2.45, 2.75) is 26.7 Å². The first-order valence-corrected chi connectivity index (χ1v) is 6.80. The van der Waals surface area contributed by atoms with E-state index in [9.17, 15) is 0 Å². The molecule has 0 saturated heterocycles. The quantitative estimate of drug-likeness (QED) is 0.785. The summed E-state index contributed by atoms with van der Waals surface area (Å²) < 4.78 is 0. The average Bonchev–Trinajstić information content (AvgIpc) is 2.38. The van der Waals surface area contributed by atoms with Crippen LogP contribution in [0.2, 0.25) is 0 Å². The zero-order valence-corrected chi connectivity index (χ0v) is 11.3. The number of hydrogen-bond acceptors (Lipinski definition) is 2. The Balaban J connectivity index is 1.91. The highest BCUT2D eigenvalue weighted by Crippen LogP contribution is 2.15. The Morgan fingerprint density at radius 2 is 1.94 bits per heavy atom. The Kier molecular flexibility index (Phi) is 4.71. The molecule has 0 fully saturated rings. The highest BCUT2D eigenvalue weighted by Gasteiger charge is 2.01. The van der Waals surface area contributed by atoms with Crippen molar-refractivity contribution in [3.63, 3.8) is 0 Å². The first-order valence-electron chi connectivity index (χ1n) is 6.80. The van der Waals surface area contributed by atoms with Crippen LogP contribution in [0, 0.1) is 5.92 Å². The van der Waals surface area contributed by atoms with Gasteiger partial charge in [0.15, 0.2) is 0 Å². The number of hydrogen-bond donors (Lipinski definition) is 1. The number of rotatable bonds is 6. The lowest BCUT2D eigenvalue weighted by atomic mass is 10.1. The predicted octanol–water partition coefficient (Wildman–Crippen LogP) is 3.41. The Morgan fingerprint density at radius 3 is 2.78 bits per heavy atom. The van der Waals surface area contributed by atoms with Crippen molar-refractivity contribution in [3.8, 4) is 0 Å². The summed E-state index contributed by atoms with van der Waals surface area (Å²) in [5, 5.41) is 4.74. The molecule has 0 unspecified atom stereocenters. The van der Waals surface area contributed by atoms with Gasteiger partial charge in [-0.3, -0.25) is 4.98 Å². The standard InChI is InChI=1S/C16H22N2/c1-13(2)8-11-17-12-9-15-6-3-5-14-7-4-10-18-16(14)15/h3-7,10,13,17H,8-9,11-12H2,1-2H3. The maximum absolute atomic E-state index is 4.48. The van der Waals surface area contributed by atoms with Gasteiger partial charge in [0, 0.05) is 11.6 Å². The fraction of sp³-hybridized carbons (Fsp3) is 0.438. The van der Waals surface area contributed by atoms with Crippen molar-refractivity contribution in [3.05, 3.63) is 42.1 Å². The van der Waals surface area contributed by atoms with E-state index in [4.69, 9.17) is 0 Å². The van der Waals surface area contributed by atoms with Crippen molar-refractivity contribution < 1.29 is 0 Å². The summed E-state index contributed by atoms with van der Waals surface area (Å²) in [7, 11) is 0. The Morgan fingerprint density at radius 1 is 1.11 bits per heavy atom. The van der Waals surface area contributed by atoms with E-state index in [1.54, 1.807) is 0 Å². The van der Waals surface area contributed by atoms with Crippen LogP contribution >= 0.6 is 0 Å². The second-order valence-electron chi connectivity index (χ2n) is 5.17. The van der Waals surface area contributed by atoms with Gasteiger partial charge in [0.05, 0.1) is 5.52 Å². The first-order chi connectivity index (χ1) is 8.77. The highest BCUT2D eigenvalue weighted by molar-refractivity contribution is 5.81. The van der Waals surface area contributed by atoms with E-state index in [0.29, 0.717) is 0 Å². The van der Waals surface area contributed by atoms with E-state index in [0.717, 1.165) is 30.9 Å². The number of para-hydroxylation sites is 1. The predicted molar refractivity (Wildman–Crippen MR) is 77.8 cm³/mol. The van der Waals surface area contributed by atoms with Gasteiger partial charge in [-0.25, -0.2) is 0 Å². The minimum atomic E-state index is 0.775. The van der Waals surface area contributed by atoms with Gasteiger partial charge in [-0.15, -0.1) is 0 Å². The molecule has 0 spiro atoms. The van der Waals surface area contributed by atoms with Crippen LogP contribution in [-0.2, 0) is 6.42 Å². The summed E-state index contributed by atoms with van der Waals surface area (Å²) in [5.41, 5.74) is 2.48. The molecule has 2 aromatic rings. The fourth-order valence-electron chi connectivity index (χ4n) is 2.11. The lowest BCUT2D eigenvalue weighted by molar-refractivity contribution is 0.539. The zero-order chi connectivity index (χ0) is 12.8. The van der Waals surface area contributed by atoms with Crippen molar-refractivity contribution >= 4 is 10.9 Å². The van der Waals surface area contributed by atoms with Crippen molar-refractivity contribution in [2.24, 2.45) is 5.92 Å². The van der Waals surface area contributed by atoms with Gasteiger partial charge in [0.1, 0.15) is 0 Å². The number of nitrogens with zero attached hydrogens (tertiary/aromatic N) is 1. The molecule has 0 aliphatic rings. The molecular formula is C16H22N2. The summed E-state index contributed by atoms with van der Waals surface area (Å²) >= 11 is 0. The number of nitrogens with one attached hydrogen (secondary N) is 1. The minimum absolute atomic E-state index is 0.775. The summed E-state index contributed by atoms with van der Waals surface area (Å²) in [6.07, 6.45) is 4.16. The Bertz CT molecular complexity index is 486. The van der Waals surface area contributed by atoms with Gasteiger partial charge in [0.25, 0.3) is 0 Å². The minimum Gasteiger partial charge on any atom is -0.316 e. The van der Waals surface area contributed by atoms with E-state index in [1.165, 1.54) is 17.4 Å². The largest absolute Gasteiger partial charge is 0.316 e. The Hall–Kier alpha value is -1.41. The van der Waals surface area contributed by atoms with E-state index in [1.807, 2.05) is 12.3 Å². The molecule has 0 radical (unpaired) electrons. The summed E-state index contributed by atoms with van der Waals surface area (Å²) in [5.74, 6) is 0.775. The van der Waals surface area contributed by atoms with E-state index >= 15 is 0 Å². The van der Waals surface area contributed by atoms with Gasteiger partial charge in [-0.2, -0.15) is 0 Å². The lowest BCUT2D eigenvalue weighted by Crippen LogP contribution is -2.19. The molecule has 1 N–H and O–H groups in total. The Labute approximate surface area is 109 Å². The molecule has 18 heavy (non-hydrogen) atoms. The van der Waals surface area contributed by atoms with Crippen LogP contribution in [0.15, 0.2) is 36.5 Å². The molecule has 0 amide bonds. The van der Waals surface area contributed by atoms with E-state index < -0.39 is 0 Å². The van der Waals surface area contributed by atoms with Gasteiger partial charge in [0.2, 0.25) is 0 Å². The van der Waals surface area contributed by atoms with Crippen molar-refractivity contribution in [1.82, 2.24) is 10.3 Å². The van der Waals surface area contributed by atoms with E-state index in [2.05, 4.69) is 48.4 Å². The van der Waals surface area contributed by atoms with Gasteiger partial charge in [-0.1, -0.05) is 38.1 Å². The molecule has 1 aromatic heterocycles. The first kappa shape index (κ1) is 13.0. The maximum atomic E-state index is 4.48. The van der Waals surface area contributed by atoms with Crippen LogP contribution in [0.5, 0.6) is 0 Å². The lowest BCUT2D eigenvalue weighted by Gasteiger charge is -2.08. The third-order valence-corrected chi connectivity index (χ3v) is 3.19. The molecule has 0 aliphatic carbocycles. The van der Waals surface area contributed by atoms with Gasteiger partial charge >= 0.3 is 0 Å². The zero-order valence-electron chi connectivity index (χ0n) is 11.3. The van der Waals surface area contributed by atoms with Crippen LogP contribution in [0.3, 0.4) is 0 Å². The number of fused-ring (bicyclic) bond motifs is 1. The summed E-state index contributed by atoms with van der Waals surface area (Å²) in [6, 6.07) is 10.5. The van der Waals surface area contributed by atoms with Gasteiger partial charge in [-0.05, 0) is 43.5 Å². The van der Waals surface area contributed by atoms with E-state index in [-0.39, 0.29) is 0 Å². The molecule has 0 atom stereocenters. The topological polar surface area (TPSA) is 24.9 Å². The van der Waals surface area contributed by atoms with Crippen LogP contribution < -0.4 is 5.32 Å². The summed E-state index contributed by atoms with van der Waals surface area (Å²) in [4.78, 5) is 4.48. The molecule has 2 nitrogen and oxygen atoms in total. The molecule has 2 heteroatoms. The number of benzene rings is 1. The second-order valence-corrected chi connectivity index (χ2v) is 5.17. The number of pyridine rings is 1. The normalized spacial score (nSPS) is 11.3. The smallest absolute Gasteiger partial charge is 0.0734 e. The van der Waals surface area contributed by atoms with Crippen molar-refractivity contribution in [1.29, 1.82) is 0 Å². The molecule has 1 aromatic carbocycles. The monoisotopic (exact) mass is 242 g/mol. The van der Waals surface area contributed by atoms with Crippen LogP contribution in [0.4, 0.5) is 0 Å². The van der Waals surface area contributed by atoms with Crippen molar-refractivity contribution in [2.75, 3.05) is 13.1 Å². The van der Waals surface area contributed by atoms with Crippen LogP contribution in [-0.4, -0.2) is 18.1 Å². The molecule has 2 rings (SSSR count). The second kappa shape index (κ2) is 6.50. The fourth-order valence-corrected chi connectivity index (χ4v) is 2.11. The summed E-state index contributed by atoms with van der Waals surface area (Å²) in [6.45, 7) is 6.66. The molecule has 0 aliphatic heterocycles. The average molecular weight is 242 g/mol. The third kappa shape index (κ3) is 3.54.